The second-order valence-electron chi connectivity index (χ2n) is 4.40. The molecule has 0 aliphatic carbocycles. The lowest BCUT2D eigenvalue weighted by atomic mass is 10.1. The molecule has 2 nitrogen and oxygen atoms in total. The highest BCUT2D eigenvalue weighted by Crippen LogP contribution is 2.29. The molecule has 0 aliphatic heterocycles. The maximum Gasteiger partial charge on any atom is 0.416 e. The van der Waals surface area contributed by atoms with Crippen LogP contribution >= 0.6 is 0 Å². The number of halogens is 4. The van der Waals surface area contributed by atoms with Crippen molar-refractivity contribution in [2.75, 3.05) is 12.4 Å². The Kier molecular flexibility index (Phi) is 4.35. The van der Waals surface area contributed by atoms with Crippen LogP contribution in [0.25, 0.3) is 0 Å². The molecule has 6 heteroatoms. The molecule has 1 N–H and O–H groups in total. The zero-order chi connectivity index (χ0) is 15.5. The number of nitrogens with one attached hydrogen (secondary N) is 1. The van der Waals surface area contributed by atoms with Crippen molar-refractivity contribution in [2.45, 2.75) is 12.7 Å². The molecule has 21 heavy (non-hydrogen) atoms. The van der Waals surface area contributed by atoms with Crippen molar-refractivity contribution in [3.63, 3.8) is 0 Å². The Labute approximate surface area is 119 Å². The van der Waals surface area contributed by atoms with Crippen LogP contribution in [0.3, 0.4) is 0 Å². The predicted molar refractivity (Wildman–Crippen MR) is 71.7 cm³/mol. The van der Waals surface area contributed by atoms with E-state index in [9.17, 15) is 17.6 Å². The Bertz CT molecular complexity index is 608. The molecule has 0 aliphatic rings. The van der Waals surface area contributed by atoms with Crippen LogP contribution in [0, 0.1) is 5.82 Å². The van der Waals surface area contributed by atoms with E-state index in [0.717, 1.165) is 12.1 Å². The van der Waals surface area contributed by atoms with Gasteiger partial charge < -0.3 is 10.1 Å². The molecule has 0 spiro atoms. The molecule has 0 aromatic heterocycles. The average molecular weight is 299 g/mol. The Morgan fingerprint density at radius 3 is 2.24 bits per heavy atom. The number of ether oxygens (including phenoxy) is 1. The third-order valence-corrected chi connectivity index (χ3v) is 2.93. The summed E-state index contributed by atoms with van der Waals surface area (Å²) < 4.78 is 55.5. The van der Waals surface area contributed by atoms with E-state index in [2.05, 4.69) is 5.32 Å². The molecule has 0 amide bonds. The average Bonchev–Trinajstić information content (AvgIpc) is 2.45. The molecule has 2 aromatic rings. The molecule has 112 valence electrons. The molecule has 0 saturated carbocycles. The van der Waals surface area contributed by atoms with E-state index in [0.29, 0.717) is 17.8 Å². The van der Waals surface area contributed by atoms with Gasteiger partial charge in [0.25, 0.3) is 0 Å². The topological polar surface area (TPSA) is 21.3 Å². The summed E-state index contributed by atoms with van der Waals surface area (Å²) in [5, 5.41) is 2.93. The molecule has 0 fully saturated rings. The Balaban J connectivity index is 2.01. The highest BCUT2D eigenvalue weighted by molar-refractivity contribution is 5.47. The van der Waals surface area contributed by atoms with Crippen molar-refractivity contribution in [3.05, 3.63) is 59.4 Å². The predicted octanol–water partition coefficient (Wildman–Crippen LogP) is 4.47. The van der Waals surface area contributed by atoms with Gasteiger partial charge in [-0.15, -0.1) is 0 Å². The molecule has 0 bridgehead atoms. The Hall–Kier alpha value is -2.24. The van der Waals surface area contributed by atoms with E-state index >= 15 is 0 Å². The third-order valence-electron chi connectivity index (χ3n) is 2.93. The van der Waals surface area contributed by atoms with Gasteiger partial charge in [0.15, 0.2) is 11.6 Å². The first-order valence-electron chi connectivity index (χ1n) is 6.13. The van der Waals surface area contributed by atoms with E-state index < -0.39 is 17.6 Å². The molecular weight excluding hydrogens is 286 g/mol. The fraction of sp³-hybridized carbons (Fsp3) is 0.200. The number of anilines is 1. The van der Waals surface area contributed by atoms with Gasteiger partial charge in [-0.3, -0.25) is 0 Å². The van der Waals surface area contributed by atoms with Crippen LogP contribution in [0.2, 0.25) is 0 Å². The summed E-state index contributed by atoms with van der Waals surface area (Å²) in [6.45, 7) is 0.296. The lowest BCUT2D eigenvalue weighted by molar-refractivity contribution is -0.137. The zero-order valence-corrected chi connectivity index (χ0v) is 11.2. The maximum absolute atomic E-state index is 13.5. The monoisotopic (exact) mass is 299 g/mol. The molecule has 2 aromatic carbocycles. The maximum atomic E-state index is 13.5. The van der Waals surface area contributed by atoms with E-state index in [1.807, 2.05) is 0 Å². The van der Waals surface area contributed by atoms with Crippen molar-refractivity contribution in [1.82, 2.24) is 0 Å². The molecule has 0 saturated heterocycles. The van der Waals surface area contributed by atoms with Crippen molar-refractivity contribution < 1.29 is 22.3 Å². The van der Waals surface area contributed by atoms with Crippen LogP contribution in [-0.4, -0.2) is 7.11 Å². The van der Waals surface area contributed by atoms with Gasteiger partial charge in [-0.05, 0) is 29.8 Å². The minimum atomic E-state index is -4.34. The van der Waals surface area contributed by atoms with Gasteiger partial charge in [0, 0.05) is 18.3 Å². The van der Waals surface area contributed by atoms with Crippen LogP contribution in [-0.2, 0) is 12.7 Å². The number of methoxy groups -OCH3 is 1. The molecule has 0 heterocycles. The lowest BCUT2D eigenvalue weighted by Crippen LogP contribution is -2.05. The standard InChI is InChI=1S/C15H13F4NO/c1-21-14-7-6-12(8-13(14)16)20-9-10-2-4-11(5-3-10)15(17,18)19/h2-8,20H,9H2,1H3. The van der Waals surface area contributed by atoms with E-state index in [1.54, 1.807) is 6.07 Å². The summed E-state index contributed by atoms with van der Waals surface area (Å²) in [7, 11) is 1.37. The summed E-state index contributed by atoms with van der Waals surface area (Å²) in [4.78, 5) is 0. The van der Waals surface area contributed by atoms with Crippen LogP contribution in [0.5, 0.6) is 5.75 Å². The van der Waals surface area contributed by atoms with Crippen LogP contribution in [0.15, 0.2) is 42.5 Å². The fourth-order valence-electron chi connectivity index (χ4n) is 1.79. The number of rotatable bonds is 4. The zero-order valence-electron chi connectivity index (χ0n) is 11.2. The molecule has 0 radical (unpaired) electrons. The minimum Gasteiger partial charge on any atom is -0.494 e. The second kappa shape index (κ2) is 6.03. The van der Waals surface area contributed by atoms with Crippen molar-refractivity contribution in [2.24, 2.45) is 0 Å². The van der Waals surface area contributed by atoms with Crippen LogP contribution < -0.4 is 10.1 Å². The molecule has 2 rings (SSSR count). The van der Waals surface area contributed by atoms with Crippen molar-refractivity contribution >= 4 is 5.69 Å². The van der Waals surface area contributed by atoms with Gasteiger partial charge in [-0.2, -0.15) is 13.2 Å². The highest BCUT2D eigenvalue weighted by Gasteiger charge is 2.29. The summed E-state index contributed by atoms with van der Waals surface area (Å²) in [6, 6.07) is 9.18. The van der Waals surface area contributed by atoms with E-state index in [-0.39, 0.29) is 5.75 Å². The van der Waals surface area contributed by atoms with Crippen molar-refractivity contribution in [1.29, 1.82) is 0 Å². The number of hydrogen-bond acceptors (Lipinski definition) is 2. The molecule has 0 atom stereocenters. The lowest BCUT2D eigenvalue weighted by Gasteiger charge is -2.10. The van der Waals surface area contributed by atoms with Gasteiger partial charge >= 0.3 is 6.18 Å². The van der Waals surface area contributed by atoms with Gasteiger partial charge in [0.2, 0.25) is 0 Å². The van der Waals surface area contributed by atoms with Crippen molar-refractivity contribution in [3.8, 4) is 5.75 Å². The summed E-state index contributed by atoms with van der Waals surface area (Å²) >= 11 is 0. The first kappa shape index (κ1) is 15.2. The van der Waals surface area contributed by atoms with Crippen LogP contribution in [0.1, 0.15) is 11.1 Å². The normalized spacial score (nSPS) is 11.3. The van der Waals surface area contributed by atoms with E-state index in [1.165, 1.54) is 31.4 Å². The number of benzene rings is 2. The summed E-state index contributed by atoms with van der Waals surface area (Å²) in [5.41, 5.74) is 0.495. The molecule has 0 unspecified atom stereocenters. The SMILES string of the molecule is COc1ccc(NCc2ccc(C(F)(F)F)cc2)cc1F. The van der Waals surface area contributed by atoms with Gasteiger partial charge in [0.05, 0.1) is 12.7 Å². The first-order chi connectivity index (χ1) is 9.90. The van der Waals surface area contributed by atoms with E-state index in [4.69, 9.17) is 4.74 Å². The largest absolute Gasteiger partial charge is 0.494 e. The first-order valence-corrected chi connectivity index (χ1v) is 6.13. The third kappa shape index (κ3) is 3.87. The second-order valence-corrected chi connectivity index (χ2v) is 4.40. The van der Waals surface area contributed by atoms with Gasteiger partial charge in [-0.25, -0.2) is 4.39 Å². The van der Waals surface area contributed by atoms with Gasteiger partial charge in [-0.1, -0.05) is 12.1 Å². The fourth-order valence-corrected chi connectivity index (χ4v) is 1.79. The smallest absolute Gasteiger partial charge is 0.416 e. The van der Waals surface area contributed by atoms with Crippen LogP contribution in [0.4, 0.5) is 23.2 Å². The Morgan fingerprint density at radius 1 is 1.05 bits per heavy atom. The minimum absolute atomic E-state index is 0.134. The Morgan fingerprint density at radius 2 is 1.71 bits per heavy atom. The summed E-state index contributed by atoms with van der Waals surface area (Å²) in [5.74, 6) is -0.370. The number of hydrogen-bond donors (Lipinski definition) is 1. The quantitative estimate of drug-likeness (QED) is 0.841. The van der Waals surface area contributed by atoms with Gasteiger partial charge in [0.1, 0.15) is 0 Å². The number of alkyl halides is 3. The highest BCUT2D eigenvalue weighted by atomic mass is 19.4. The summed E-state index contributed by atoms with van der Waals surface area (Å²) in [6.07, 6.45) is -4.34. The molecular formula is C15H13F4NO.